The van der Waals surface area contributed by atoms with E-state index in [0.717, 1.165) is 17.7 Å². The Balaban J connectivity index is 1.92. The van der Waals surface area contributed by atoms with Crippen molar-refractivity contribution < 1.29 is 42.9 Å². The molecule has 0 aliphatic carbocycles. The molecule has 2 aromatic rings. The van der Waals surface area contributed by atoms with E-state index in [9.17, 15) is 19.2 Å². The third kappa shape index (κ3) is 7.38. The Morgan fingerprint density at radius 3 is 2.03 bits per heavy atom. The third-order valence-electron chi connectivity index (χ3n) is 5.40. The summed E-state index contributed by atoms with van der Waals surface area (Å²) in [5.41, 5.74) is 1.91. The molecule has 2 heterocycles. The van der Waals surface area contributed by atoms with Crippen LogP contribution in [0.15, 0.2) is 42.6 Å². The van der Waals surface area contributed by atoms with Crippen molar-refractivity contribution in [1.82, 2.24) is 9.78 Å². The molecule has 3 rings (SSSR count). The van der Waals surface area contributed by atoms with Crippen molar-refractivity contribution in [3.63, 3.8) is 0 Å². The van der Waals surface area contributed by atoms with Crippen LogP contribution in [0.2, 0.25) is 0 Å². The van der Waals surface area contributed by atoms with Crippen LogP contribution in [0, 0.1) is 0 Å². The number of rotatable bonds is 9. The fraction of sp³-hybridized carbons (Fsp3) is 0.480. The van der Waals surface area contributed by atoms with Crippen molar-refractivity contribution in [3.8, 4) is 0 Å². The highest BCUT2D eigenvalue weighted by Gasteiger charge is 2.53. The van der Waals surface area contributed by atoms with E-state index >= 15 is 0 Å². The van der Waals surface area contributed by atoms with Crippen LogP contribution < -0.4 is 0 Å². The summed E-state index contributed by atoms with van der Waals surface area (Å²) in [7, 11) is 0. The van der Waals surface area contributed by atoms with E-state index in [4.69, 9.17) is 23.7 Å². The highest BCUT2D eigenvalue weighted by atomic mass is 16.7. The zero-order valence-electron chi connectivity index (χ0n) is 20.6. The number of ether oxygens (including phenoxy) is 5. The number of esters is 4. The first-order valence-electron chi connectivity index (χ1n) is 11.5. The molecular weight excluding hydrogens is 472 g/mol. The lowest BCUT2D eigenvalue weighted by Gasteiger charge is -2.44. The van der Waals surface area contributed by atoms with Crippen LogP contribution in [0.25, 0.3) is 0 Å². The first-order chi connectivity index (χ1) is 17.1. The molecule has 11 nitrogen and oxygen atoms in total. The van der Waals surface area contributed by atoms with E-state index in [0.29, 0.717) is 6.42 Å². The van der Waals surface area contributed by atoms with Crippen molar-refractivity contribution in [1.29, 1.82) is 0 Å². The van der Waals surface area contributed by atoms with E-state index in [2.05, 4.69) is 5.10 Å². The van der Waals surface area contributed by atoms with Gasteiger partial charge in [0.05, 0.1) is 5.69 Å². The van der Waals surface area contributed by atoms with Crippen LogP contribution in [0.3, 0.4) is 0 Å². The largest absolute Gasteiger partial charge is 0.463 e. The molecule has 1 fully saturated rings. The lowest BCUT2D eigenvalue weighted by molar-refractivity contribution is -0.270. The van der Waals surface area contributed by atoms with Crippen molar-refractivity contribution in [3.05, 3.63) is 53.9 Å². The molecule has 1 aromatic heterocycles. The predicted molar refractivity (Wildman–Crippen MR) is 123 cm³/mol. The summed E-state index contributed by atoms with van der Waals surface area (Å²) in [6, 6.07) is 11.7. The van der Waals surface area contributed by atoms with Crippen LogP contribution in [0.1, 0.15) is 45.2 Å². The number of hydrogen-bond donors (Lipinski definition) is 0. The van der Waals surface area contributed by atoms with E-state index in [1.807, 2.05) is 30.3 Å². The lowest BCUT2D eigenvalue weighted by Crippen LogP contribution is -2.60. The van der Waals surface area contributed by atoms with Gasteiger partial charge in [-0.15, -0.1) is 0 Å². The van der Waals surface area contributed by atoms with Crippen LogP contribution in [0.5, 0.6) is 0 Å². The molecule has 36 heavy (non-hydrogen) atoms. The summed E-state index contributed by atoms with van der Waals surface area (Å²) in [5.74, 6) is -2.62. The van der Waals surface area contributed by atoms with Crippen LogP contribution in [-0.2, 0) is 55.7 Å². The van der Waals surface area contributed by atoms with Crippen molar-refractivity contribution >= 4 is 23.9 Å². The topological polar surface area (TPSA) is 132 Å². The maximum absolute atomic E-state index is 12.0. The van der Waals surface area contributed by atoms with Gasteiger partial charge in [0.2, 0.25) is 0 Å². The fourth-order valence-electron chi connectivity index (χ4n) is 3.99. The molecule has 11 heteroatoms. The van der Waals surface area contributed by atoms with Crippen LogP contribution in [-0.4, -0.2) is 64.7 Å². The number of carbonyl (C=O) groups excluding carboxylic acids is 4. The third-order valence-corrected chi connectivity index (χ3v) is 5.40. The maximum atomic E-state index is 12.0. The average Bonchev–Trinajstić information content (AvgIpc) is 3.27. The standard InChI is InChI=1S/C25H30N2O9/c1-15(28)32-14-21-22(33-16(2)29)23(34-17(3)30)24(35-18(4)31)25(36-21)27-13-12-20(26-27)11-10-19-8-6-5-7-9-19/h5-9,12-13,21-25H,10-11,14H2,1-4H3/t21-,22-,23+,24-,25-/m1/s1. The molecule has 1 aromatic carbocycles. The number of aromatic nitrogens is 2. The van der Waals surface area contributed by atoms with Gasteiger partial charge < -0.3 is 23.7 Å². The van der Waals surface area contributed by atoms with E-state index in [1.54, 1.807) is 12.3 Å². The number of hydrogen-bond acceptors (Lipinski definition) is 10. The van der Waals surface area contributed by atoms with E-state index in [-0.39, 0.29) is 6.61 Å². The molecular formula is C25H30N2O9. The Kier molecular flexibility index (Phi) is 9.18. The van der Waals surface area contributed by atoms with Gasteiger partial charge in [-0.3, -0.25) is 19.2 Å². The molecule has 0 unspecified atom stereocenters. The van der Waals surface area contributed by atoms with Gasteiger partial charge >= 0.3 is 23.9 Å². The zero-order valence-corrected chi connectivity index (χ0v) is 20.6. The predicted octanol–water partition coefficient (Wildman–Crippen LogP) is 1.92. The Bertz CT molecular complexity index is 1070. The Labute approximate surface area is 208 Å². The zero-order chi connectivity index (χ0) is 26.2. The quantitative estimate of drug-likeness (QED) is 0.370. The molecule has 1 aliphatic heterocycles. The second kappa shape index (κ2) is 12.3. The lowest BCUT2D eigenvalue weighted by atomic mass is 9.97. The molecule has 194 valence electrons. The monoisotopic (exact) mass is 502 g/mol. The number of nitrogens with zero attached hydrogens (tertiary/aromatic N) is 2. The average molecular weight is 503 g/mol. The van der Waals surface area contributed by atoms with Crippen molar-refractivity contribution in [2.24, 2.45) is 0 Å². The molecule has 0 amide bonds. The van der Waals surface area contributed by atoms with Crippen molar-refractivity contribution in [2.45, 2.75) is 71.2 Å². The minimum Gasteiger partial charge on any atom is -0.463 e. The summed E-state index contributed by atoms with van der Waals surface area (Å²) >= 11 is 0. The van der Waals surface area contributed by atoms with E-state index < -0.39 is 54.5 Å². The van der Waals surface area contributed by atoms with Gasteiger partial charge in [0.25, 0.3) is 0 Å². The van der Waals surface area contributed by atoms with Crippen LogP contribution in [0.4, 0.5) is 0 Å². The highest BCUT2D eigenvalue weighted by Crippen LogP contribution is 2.34. The SMILES string of the molecule is CC(=O)OC[C@H]1O[C@@H](n2ccc(CCc3ccccc3)n2)[C@H](OC(C)=O)[C@@H](OC(C)=O)[C@@H]1OC(C)=O. The fourth-order valence-corrected chi connectivity index (χ4v) is 3.99. The van der Waals surface area contributed by atoms with Gasteiger partial charge in [-0.1, -0.05) is 30.3 Å². The summed E-state index contributed by atoms with van der Waals surface area (Å²) in [6.45, 7) is 4.47. The van der Waals surface area contributed by atoms with Gasteiger partial charge in [0, 0.05) is 33.9 Å². The Morgan fingerprint density at radius 1 is 0.806 bits per heavy atom. The van der Waals surface area contributed by atoms with Crippen LogP contribution >= 0.6 is 0 Å². The minimum atomic E-state index is -1.24. The molecule has 1 aliphatic rings. The summed E-state index contributed by atoms with van der Waals surface area (Å²) in [4.78, 5) is 47.3. The summed E-state index contributed by atoms with van der Waals surface area (Å²) in [6.07, 6.45) is -2.69. The second-order valence-electron chi connectivity index (χ2n) is 8.36. The van der Waals surface area contributed by atoms with Crippen molar-refractivity contribution in [2.75, 3.05) is 6.61 Å². The number of benzene rings is 1. The van der Waals surface area contributed by atoms with Gasteiger partial charge in [-0.05, 0) is 24.5 Å². The number of carbonyl (C=O) groups is 4. The molecule has 0 saturated carbocycles. The molecule has 0 bridgehead atoms. The molecule has 1 saturated heterocycles. The molecule has 5 atom stereocenters. The van der Waals surface area contributed by atoms with Gasteiger partial charge in [0.1, 0.15) is 12.7 Å². The molecule has 0 radical (unpaired) electrons. The Morgan fingerprint density at radius 2 is 1.42 bits per heavy atom. The Hall–Kier alpha value is -3.73. The van der Waals surface area contributed by atoms with Gasteiger partial charge in [-0.2, -0.15) is 5.10 Å². The normalized spacial score (nSPS) is 23.4. The minimum absolute atomic E-state index is 0.295. The van der Waals surface area contributed by atoms with Gasteiger partial charge in [0.15, 0.2) is 24.5 Å². The summed E-state index contributed by atoms with van der Waals surface area (Å²) < 4.78 is 29.0. The molecule has 0 N–H and O–H groups in total. The van der Waals surface area contributed by atoms with Gasteiger partial charge in [-0.25, -0.2) is 4.68 Å². The smallest absolute Gasteiger partial charge is 0.303 e. The maximum Gasteiger partial charge on any atom is 0.303 e. The van der Waals surface area contributed by atoms with E-state index in [1.165, 1.54) is 32.4 Å². The molecule has 0 spiro atoms. The second-order valence-corrected chi connectivity index (χ2v) is 8.36. The summed E-state index contributed by atoms with van der Waals surface area (Å²) in [5, 5.41) is 4.58. The first-order valence-corrected chi connectivity index (χ1v) is 11.5. The first kappa shape index (κ1) is 26.9. The number of aryl methyl sites for hydroxylation is 2. The highest BCUT2D eigenvalue weighted by molar-refractivity contribution is 5.68.